The summed E-state index contributed by atoms with van der Waals surface area (Å²) in [6.07, 6.45) is 3.88. The Kier molecular flexibility index (Phi) is 9.78. The molecule has 1 saturated heterocycles. The van der Waals surface area contributed by atoms with Crippen molar-refractivity contribution in [3.63, 3.8) is 0 Å². The summed E-state index contributed by atoms with van der Waals surface area (Å²) in [5.74, 6) is 1.37. The van der Waals surface area contributed by atoms with Gasteiger partial charge in [-0.25, -0.2) is 0 Å². The van der Waals surface area contributed by atoms with Gasteiger partial charge in [0, 0.05) is 5.41 Å². The van der Waals surface area contributed by atoms with E-state index in [4.69, 9.17) is 18.9 Å². The summed E-state index contributed by atoms with van der Waals surface area (Å²) >= 11 is 0. The Morgan fingerprint density at radius 1 is 1.09 bits per heavy atom. The minimum atomic E-state index is -0.813. The van der Waals surface area contributed by atoms with Crippen LogP contribution >= 0.6 is 0 Å². The lowest BCUT2D eigenvalue weighted by Crippen LogP contribution is -2.50. The molecule has 32 heavy (non-hydrogen) atoms. The highest BCUT2D eigenvalue weighted by atomic mass is 16.5. The van der Waals surface area contributed by atoms with Crippen molar-refractivity contribution >= 4 is 11.8 Å². The number of rotatable bonds is 12. The van der Waals surface area contributed by atoms with E-state index in [2.05, 4.69) is 0 Å². The van der Waals surface area contributed by atoms with E-state index in [0.717, 1.165) is 18.4 Å². The molecule has 8 heteroatoms. The number of carbonyl (C=O) groups excluding carboxylic acids is 2. The quantitative estimate of drug-likeness (QED) is 0.383. The minimum absolute atomic E-state index is 0.0675. The summed E-state index contributed by atoms with van der Waals surface area (Å²) in [7, 11) is 4.71. The van der Waals surface area contributed by atoms with Crippen LogP contribution in [0.1, 0.15) is 45.1 Å². The lowest BCUT2D eigenvalue weighted by atomic mass is 9.88. The third-order valence-electron chi connectivity index (χ3n) is 5.96. The van der Waals surface area contributed by atoms with Gasteiger partial charge in [-0.1, -0.05) is 20.3 Å². The molecule has 1 aliphatic rings. The number of ketones is 1. The normalized spacial score (nSPS) is 17.0. The molecule has 0 spiro atoms. The predicted octanol–water partition coefficient (Wildman–Crippen LogP) is 2.63. The number of benzene rings is 1. The van der Waals surface area contributed by atoms with Crippen molar-refractivity contribution in [2.24, 2.45) is 5.41 Å². The predicted molar refractivity (Wildman–Crippen MR) is 120 cm³/mol. The Bertz CT molecular complexity index is 753. The molecule has 8 nitrogen and oxygen atoms in total. The highest BCUT2D eigenvalue weighted by Gasteiger charge is 2.35. The first-order valence-corrected chi connectivity index (χ1v) is 11.1. The number of ether oxygens (including phenoxy) is 4. The number of aryl methyl sites for hydroxylation is 1. The summed E-state index contributed by atoms with van der Waals surface area (Å²) in [6.45, 7) is 4.34. The van der Waals surface area contributed by atoms with Gasteiger partial charge in [-0.2, -0.15) is 0 Å². The third kappa shape index (κ3) is 6.59. The zero-order valence-electron chi connectivity index (χ0n) is 19.9. The van der Waals surface area contributed by atoms with Crippen LogP contribution in [0.2, 0.25) is 0 Å². The SMILES string of the molecule is COc1cc(CCCOC(=O)C2CCCCN2CC(=O)C(C)(C)CO)cc(OC)c1OC. The van der Waals surface area contributed by atoms with Gasteiger partial charge in [0.05, 0.1) is 41.1 Å². The van der Waals surface area contributed by atoms with Gasteiger partial charge in [0.15, 0.2) is 17.3 Å². The van der Waals surface area contributed by atoms with Crippen LogP contribution in [0.5, 0.6) is 17.2 Å². The van der Waals surface area contributed by atoms with Crippen LogP contribution in [0.15, 0.2) is 12.1 Å². The first-order chi connectivity index (χ1) is 15.3. The van der Waals surface area contributed by atoms with Crippen LogP contribution in [-0.4, -0.2) is 75.4 Å². The van der Waals surface area contributed by atoms with Crippen molar-refractivity contribution in [1.82, 2.24) is 4.90 Å². The number of likely N-dealkylation sites (tertiary alicyclic amines) is 1. The van der Waals surface area contributed by atoms with E-state index in [9.17, 15) is 14.7 Å². The first kappa shape index (κ1) is 25.9. The van der Waals surface area contributed by atoms with Gasteiger partial charge < -0.3 is 24.1 Å². The number of hydrogen-bond donors (Lipinski definition) is 1. The van der Waals surface area contributed by atoms with Crippen LogP contribution in [0.4, 0.5) is 0 Å². The largest absolute Gasteiger partial charge is 0.493 e. The molecule has 0 aromatic heterocycles. The van der Waals surface area contributed by atoms with Crippen LogP contribution in [0.25, 0.3) is 0 Å². The number of piperidine rings is 1. The number of esters is 1. The fourth-order valence-corrected chi connectivity index (χ4v) is 3.76. The number of nitrogens with zero attached hydrogens (tertiary/aromatic N) is 1. The van der Waals surface area contributed by atoms with Gasteiger partial charge in [0.1, 0.15) is 6.04 Å². The average Bonchev–Trinajstić information content (AvgIpc) is 2.81. The summed E-state index contributed by atoms with van der Waals surface area (Å²) in [4.78, 5) is 27.1. The maximum Gasteiger partial charge on any atom is 0.323 e. The lowest BCUT2D eigenvalue weighted by Gasteiger charge is -2.35. The van der Waals surface area contributed by atoms with Gasteiger partial charge in [-0.3, -0.25) is 14.5 Å². The molecule has 2 rings (SSSR count). The first-order valence-electron chi connectivity index (χ1n) is 11.1. The van der Waals surface area contributed by atoms with Crippen LogP contribution in [0.3, 0.4) is 0 Å². The van der Waals surface area contributed by atoms with E-state index in [0.29, 0.717) is 43.1 Å². The molecule has 1 N–H and O–H groups in total. The Labute approximate surface area is 190 Å². The molecule has 0 amide bonds. The Morgan fingerprint density at radius 3 is 2.31 bits per heavy atom. The Hall–Kier alpha value is -2.32. The van der Waals surface area contributed by atoms with E-state index in [1.54, 1.807) is 35.2 Å². The van der Waals surface area contributed by atoms with Crippen molar-refractivity contribution in [3.05, 3.63) is 17.7 Å². The number of hydrogen-bond acceptors (Lipinski definition) is 8. The molecule has 1 aromatic carbocycles. The van der Waals surface area contributed by atoms with E-state index in [-0.39, 0.29) is 31.5 Å². The van der Waals surface area contributed by atoms with Crippen LogP contribution < -0.4 is 14.2 Å². The molecule has 1 heterocycles. The summed E-state index contributed by atoms with van der Waals surface area (Å²) in [5.41, 5.74) is 0.179. The molecule has 1 aliphatic heterocycles. The number of aliphatic hydroxyl groups is 1. The van der Waals surface area contributed by atoms with Crippen molar-refractivity contribution in [2.75, 3.05) is 47.6 Å². The standard InChI is InChI=1S/C24H37NO7/c1-24(2,16-26)21(27)15-25-11-7-6-10-18(25)23(28)32-12-8-9-17-13-19(29-3)22(31-5)20(14-17)30-4/h13-14,18,26H,6-12,15-16H2,1-5H3. The highest BCUT2D eigenvalue weighted by Crippen LogP contribution is 2.38. The number of aliphatic hydroxyl groups excluding tert-OH is 1. The topological polar surface area (TPSA) is 94.5 Å². The van der Waals surface area contributed by atoms with E-state index >= 15 is 0 Å². The monoisotopic (exact) mass is 451 g/mol. The van der Waals surface area contributed by atoms with Crippen LogP contribution in [-0.2, 0) is 20.7 Å². The molecule has 0 bridgehead atoms. The zero-order valence-corrected chi connectivity index (χ0v) is 19.9. The summed E-state index contributed by atoms with van der Waals surface area (Å²) in [5, 5.41) is 9.45. The number of methoxy groups -OCH3 is 3. The molecular weight excluding hydrogens is 414 g/mol. The Balaban J connectivity index is 1.91. The van der Waals surface area contributed by atoms with Gasteiger partial charge in [0.2, 0.25) is 5.75 Å². The molecule has 0 saturated carbocycles. The highest BCUT2D eigenvalue weighted by molar-refractivity contribution is 5.87. The van der Waals surface area contributed by atoms with E-state index in [1.165, 1.54) is 0 Å². The molecule has 0 aliphatic carbocycles. The second-order valence-electron chi connectivity index (χ2n) is 8.75. The fraction of sp³-hybridized carbons (Fsp3) is 0.667. The zero-order chi connectivity index (χ0) is 23.7. The second-order valence-corrected chi connectivity index (χ2v) is 8.75. The van der Waals surface area contributed by atoms with Crippen molar-refractivity contribution < 1.29 is 33.6 Å². The molecule has 1 fully saturated rings. The van der Waals surface area contributed by atoms with Gasteiger partial charge in [-0.15, -0.1) is 0 Å². The maximum atomic E-state index is 12.7. The molecular formula is C24H37NO7. The van der Waals surface area contributed by atoms with E-state index in [1.807, 2.05) is 17.0 Å². The van der Waals surface area contributed by atoms with Gasteiger partial charge in [0.25, 0.3) is 0 Å². The maximum absolute atomic E-state index is 12.7. The molecule has 1 atom stereocenters. The molecule has 1 unspecified atom stereocenters. The Morgan fingerprint density at radius 2 is 1.75 bits per heavy atom. The van der Waals surface area contributed by atoms with Gasteiger partial charge in [-0.05, 0) is 49.9 Å². The van der Waals surface area contributed by atoms with Crippen molar-refractivity contribution in [2.45, 2.75) is 52.0 Å². The van der Waals surface area contributed by atoms with Crippen LogP contribution in [0, 0.1) is 5.41 Å². The lowest BCUT2D eigenvalue weighted by molar-refractivity contribution is -0.152. The fourth-order valence-electron chi connectivity index (χ4n) is 3.76. The second kappa shape index (κ2) is 12.1. The van der Waals surface area contributed by atoms with E-state index < -0.39 is 11.5 Å². The van der Waals surface area contributed by atoms with Crippen molar-refractivity contribution in [1.29, 1.82) is 0 Å². The molecule has 0 radical (unpaired) electrons. The van der Waals surface area contributed by atoms with Crippen molar-refractivity contribution in [3.8, 4) is 17.2 Å². The number of carbonyl (C=O) groups is 2. The molecule has 180 valence electrons. The summed E-state index contributed by atoms with van der Waals surface area (Å²) < 4.78 is 21.7. The minimum Gasteiger partial charge on any atom is -0.493 e. The van der Waals surface area contributed by atoms with Gasteiger partial charge >= 0.3 is 5.97 Å². The summed E-state index contributed by atoms with van der Waals surface area (Å²) in [6, 6.07) is 3.37. The number of Topliss-reactive ketones (excluding diaryl/α,β-unsaturated/α-hetero) is 1. The molecule has 1 aromatic rings. The smallest absolute Gasteiger partial charge is 0.323 e. The average molecular weight is 452 g/mol. The third-order valence-corrected chi connectivity index (χ3v) is 5.96.